The van der Waals surface area contributed by atoms with E-state index in [0.29, 0.717) is 12.8 Å². The molecule has 0 saturated heterocycles. The molecule has 0 spiro atoms. The zero-order valence-electron chi connectivity index (χ0n) is 13.0. The van der Waals surface area contributed by atoms with Gasteiger partial charge in [0.2, 0.25) is 0 Å². The molecule has 8 nitrogen and oxygen atoms in total. The van der Waals surface area contributed by atoms with Crippen LogP contribution in [0.25, 0.3) is 0 Å². The van der Waals surface area contributed by atoms with Gasteiger partial charge >= 0.3 is 0 Å². The second kappa shape index (κ2) is 15.1. The molecule has 0 heterocycles. The maximum absolute atomic E-state index is 6.00. The molecule has 0 aliphatic carbocycles. The minimum Gasteiger partial charge on any atom is -0.301 e. The summed E-state index contributed by atoms with van der Waals surface area (Å²) in [4.78, 5) is 0. The van der Waals surface area contributed by atoms with E-state index in [9.17, 15) is 0 Å². The summed E-state index contributed by atoms with van der Waals surface area (Å²) < 4.78 is 0. The van der Waals surface area contributed by atoms with E-state index in [4.69, 9.17) is 44.9 Å². The Balaban J connectivity index is -0.000000257. The topological polar surface area (TPSA) is 197 Å². The van der Waals surface area contributed by atoms with E-state index in [1.54, 1.807) is 0 Å². The van der Waals surface area contributed by atoms with Crippen LogP contribution in [0, 0.1) is 0 Å². The molecule has 20 heavy (non-hydrogen) atoms. The molecule has 0 aromatic carbocycles. The Hall–Kier alpha value is -0.320. The first kappa shape index (κ1) is 24.7. The standard InChI is InChI=1S/2C6H17N3.H2O2/c2*1-2-3-4-5-6(7,8)9;1-2/h2*2-5,7-9H2,1H3;1-2H. The van der Waals surface area contributed by atoms with Gasteiger partial charge in [0, 0.05) is 0 Å². The van der Waals surface area contributed by atoms with E-state index in [2.05, 4.69) is 13.8 Å². The highest BCUT2D eigenvalue weighted by Crippen LogP contribution is 2.02. The molecule has 0 bridgehead atoms. The zero-order chi connectivity index (χ0) is 16.7. The van der Waals surface area contributed by atoms with Crippen LogP contribution in [0.2, 0.25) is 0 Å². The molecule has 14 N–H and O–H groups in total. The van der Waals surface area contributed by atoms with Crippen molar-refractivity contribution in [1.29, 1.82) is 0 Å². The minimum atomic E-state index is -0.949. The van der Waals surface area contributed by atoms with Crippen LogP contribution in [0.5, 0.6) is 0 Å². The van der Waals surface area contributed by atoms with Crippen molar-refractivity contribution in [1.82, 2.24) is 0 Å². The summed E-state index contributed by atoms with van der Waals surface area (Å²) in [7, 11) is 0. The minimum absolute atomic E-state index is 0.709. The van der Waals surface area contributed by atoms with Crippen molar-refractivity contribution in [3.8, 4) is 0 Å². The van der Waals surface area contributed by atoms with Crippen LogP contribution in [0.4, 0.5) is 0 Å². The Labute approximate surface area is 122 Å². The lowest BCUT2D eigenvalue weighted by molar-refractivity contribution is -0.176. The van der Waals surface area contributed by atoms with Crippen LogP contribution in [0.15, 0.2) is 0 Å². The fourth-order valence-corrected chi connectivity index (χ4v) is 1.36. The van der Waals surface area contributed by atoms with Crippen LogP contribution >= 0.6 is 0 Å². The normalized spacial score (nSPS) is 11.1. The van der Waals surface area contributed by atoms with Crippen molar-refractivity contribution < 1.29 is 10.5 Å². The van der Waals surface area contributed by atoms with Crippen LogP contribution in [0.3, 0.4) is 0 Å². The third-order valence-electron chi connectivity index (χ3n) is 2.43. The monoisotopic (exact) mass is 296 g/mol. The summed E-state index contributed by atoms with van der Waals surface area (Å²) in [6.07, 6.45) is 8.15. The van der Waals surface area contributed by atoms with Gasteiger partial charge in [-0.05, 0) is 25.7 Å². The van der Waals surface area contributed by atoms with Gasteiger partial charge in [0.05, 0.1) is 0 Å². The Morgan fingerprint density at radius 1 is 0.600 bits per heavy atom. The van der Waals surface area contributed by atoms with Gasteiger partial charge in [0.1, 0.15) is 11.6 Å². The number of hydrogen-bond donors (Lipinski definition) is 8. The van der Waals surface area contributed by atoms with Crippen molar-refractivity contribution in [2.75, 3.05) is 0 Å². The summed E-state index contributed by atoms with van der Waals surface area (Å²) >= 11 is 0. The van der Waals surface area contributed by atoms with Gasteiger partial charge < -0.3 is 34.4 Å². The molecule has 0 saturated carbocycles. The number of nitrogens with two attached hydrogens (primary N) is 6. The Bertz CT molecular complexity index is 160. The zero-order valence-corrected chi connectivity index (χ0v) is 13.0. The van der Waals surface area contributed by atoms with E-state index in [1.165, 1.54) is 12.8 Å². The Morgan fingerprint density at radius 2 is 0.850 bits per heavy atom. The third-order valence-corrected chi connectivity index (χ3v) is 2.43. The summed E-state index contributed by atoms with van der Waals surface area (Å²) in [5.41, 5.74) is 32.0. The maximum atomic E-state index is 6.00. The van der Waals surface area contributed by atoms with Gasteiger partial charge in [-0.25, -0.2) is 0 Å². The average molecular weight is 296 g/mol. The molecule has 0 unspecified atom stereocenters. The van der Waals surface area contributed by atoms with E-state index in [-0.39, 0.29) is 0 Å². The number of unbranched alkanes of at least 4 members (excludes halogenated alkanes) is 4. The van der Waals surface area contributed by atoms with E-state index >= 15 is 0 Å². The first-order chi connectivity index (χ1) is 9.12. The second-order valence-corrected chi connectivity index (χ2v) is 5.14. The predicted octanol–water partition coefficient (Wildman–Crippen LogP) is 0.211. The van der Waals surface area contributed by atoms with Crippen LogP contribution in [0.1, 0.15) is 65.2 Å². The van der Waals surface area contributed by atoms with Crippen molar-refractivity contribution in [3.63, 3.8) is 0 Å². The summed E-state index contributed by atoms with van der Waals surface area (Å²) in [6, 6.07) is 0. The molecule has 0 atom stereocenters. The van der Waals surface area contributed by atoms with Crippen LogP contribution in [-0.4, -0.2) is 22.1 Å². The van der Waals surface area contributed by atoms with E-state index < -0.39 is 11.6 Å². The summed E-state index contributed by atoms with van der Waals surface area (Å²) in [5.74, 6) is -1.90. The highest BCUT2D eigenvalue weighted by molar-refractivity contribution is 4.67. The van der Waals surface area contributed by atoms with Gasteiger partial charge in [-0.2, -0.15) is 0 Å². The van der Waals surface area contributed by atoms with Crippen LogP contribution in [-0.2, 0) is 0 Å². The summed E-state index contributed by atoms with van der Waals surface area (Å²) in [5, 5.41) is 12.0. The number of rotatable bonds is 8. The van der Waals surface area contributed by atoms with Gasteiger partial charge in [0.25, 0.3) is 0 Å². The fraction of sp³-hybridized carbons (Fsp3) is 1.00. The second-order valence-electron chi connectivity index (χ2n) is 5.14. The quantitative estimate of drug-likeness (QED) is 0.134. The molecular formula is C12H36N6O2. The van der Waals surface area contributed by atoms with Gasteiger partial charge in [-0.1, -0.05) is 39.5 Å². The molecule has 0 radical (unpaired) electrons. The first-order valence-corrected chi connectivity index (χ1v) is 7.05. The highest BCUT2D eigenvalue weighted by Gasteiger charge is 2.09. The third kappa shape index (κ3) is 36.1. The lowest BCUT2D eigenvalue weighted by atomic mass is 10.1. The average Bonchev–Trinajstić information content (AvgIpc) is 2.30. The van der Waals surface area contributed by atoms with Gasteiger partial charge in [-0.15, -0.1) is 0 Å². The van der Waals surface area contributed by atoms with E-state index in [1.807, 2.05) is 0 Å². The molecule has 0 rings (SSSR count). The van der Waals surface area contributed by atoms with Crippen molar-refractivity contribution in [2.45, 2.75) is 76.8 Å². The molecule has 0 aliphatic rings. The lowest BCUT2D eigenvalue weighted by Crippen LogP contribution is -2.57. The molecule has 0 aromatic rings. The molecule has 8 heteroatoms. The molecule has 0 aromatic heterocycles. The molecule has 0 fully saturated rings. The predicted molar refractivity (Wildman–Crippen MR) is 84.1 cm³/mol. The Morgan fingerprint density at radius 3 is 1.00 bits per heavy atom. The number of hydrogen-bond acceptors (Lipinski definition) is 8. The molecule has 126 valence electrons. The lowest BCUT2D eigenvalue weighted by Gasteiger charge is -2.17. The highest BCUT2D eigenvalue weighted by atomic mass is 17.0. The Kier molecular flexibility index (Phi) is 18.6. The molecular weight excluding hydrogens is 260 g/mol. The van der Waals surface area contributed by atoms with Gasteiger partial charge in [-0.3, -0.25) is 10.5 Å². The molecule has 0 amide bonds. The smallest absolute Gasteiger partial charge is 0.115 e. The van der Waals surface area contributed by atoms with Crippen molar-refractivity contribution in [3.05, 3.63) is 0 Å². The molecule has 0 aliphatic heterocycles. The SMILES string of the molecule is CCCCCC(N)(N)N.CCCCCC(N)(N)N.OO. The largest absolute Gasteiger partial charge is 0.301 e. The van der Waals surface area contributed by atoms with E-state index in [0.717, 1.165) is 25.7 Å². The van der Waals surface area contributed by atoms with Gasteiger partial charge in [0.15, 0.2) is 0 Å². The van der Waals surface area contributed by atoms with Crippen LogP contribution < -0.4 is 34.4 Å². The van der Waals surface area contributed by atoms with Crippen molar-refractivity contribution >= 4 is 0 Å². The fourth-order valence-electron chi connectivity index (χ4n) is 1.36. The first-order valence-electron chi connectivity index (χ1n) is 7.05. The maximum Gasteiger partial charge on any atom is 0.115 e. The summed E-state index contributed by atoms with van der Waals surface area (Å²) in [6.45, 7) is 4.26. The van der Waals surface area contributed by atoms with Crippen molar-refractivity contribution in [2.24, 2.45) is 34.4 Å².